The molecule has 1 aromatic heterocycles. The van der Waals surface area contributed by atoms with Gasteiger partial charge < -0.3 is 5.32 Å². The first-order chi connectivity index (χ1) is 11.6. The fraction of sp³-hybridized carbons (Fsp3) is 0.0556. The van der Waals surface area contributed by atoms with Gasteiger partial charge in [0.2, 0.25) is 0 Å². The molecule has 0 fully saturated rings. The zero-order chi connectivity index (χ0) is 16.9. The van der Waals surface area contributed by atoms with Crippen LogP contribution in [-0.2, 0) is 6.54 Å². The first-order valence-electron chi connectivity index (χ1n) is 7.22. The van der Waals surface area contributed by atoms with Crippen LogP contribution in [0.15, 0.2) is 60.9 Å². The molecule has 1 N–H and O–H groups in total. The minimum atomic E-state index is -0.294. The molecule has 3 aromatic rings. The third-order valence-electron chi connectivity index (χ3n) is 3.40. The number of nitrogens with one attached hydrogen (secondary N) is 1. The number of aromatic nitrogens is 2. The number of rotatable bonds is 4. The maximum Gasteiger partial charge on any atom is 0.251 e. The molecule has 0 aliphatic rings. The van der Waals surface area contributed by atoms with E-state index in [1.165, 1.54) is 18.5 Å². The minimum Gasteiger partial charge on any atom is -0.346 e. The summed E-state index contributed by atoms with van der Waals surface area (Å²) in [5, 5.41) is 2.83. The van der Waals surface area contributed by atoms with Crippen molar-refractivity contribution in [2.75, 3.05) is 0 Å². The lowest BCUT2D eigenvalue weighted by Gasteiger charge is -2.07. The van der Waals surface area contributed by atoms with Crippen LogP contribution in [0.25, 0.3) is 11.3 Å². The van der Waals surface area contributed by atoms with Crippen molar-refractivity contribution in [3.8, 4) is 11.3 Å². The first-order valence-corrected chi connectivity index (χ1v) is 8.30. The highest BCUT2D eigenvalue weighted by Crippen LogP contribution is 2.17. The molecule has 24 heavy (non-hydrogen) atoms. The lowest BCUT2D eigenvalue weighted by molar-refractivity contribution is 0.0950. The Morgan fingerprint density at radius 3 is 2.46 bits per heavy atom. The number of halogens is 2. The van der Waals surface area contributed by atoms with E-state index in [9.17, 15) is 9.18 Å². The summed E-state index contributed by atoms with van der Waals surface area (Å²) >= 11 is 2.19. The van der Waals surface area contributed by atoms with Gasteiger partial charge in [-0.3, -0.25) is 4.79 Å². The zero-order valence-corrected chi connectivity index (χ0v) is 14.7. The fourth-order valence-electron chi connectivity index (χ4n) is 2.15. The first kappa shape index (κ1) is 16.5. The van der Waals surface area contributed by atoms with Crippen molar-refractivity contribution in [1.29, 1.82) is 0 Å². The number of amides is 1. The molecule has 0 saturated heterocycles. The molecule has 0 unspecified atom stereocenters. The molecule has 0 saturated carbocycles. The molecule has 0 aliphatic heterocycles. The molecule has 120 valence electrons. The number of carbonyl (C=O) groups is 1. The summed E-state index contributed by atoms with van der Waals surface area (Å²) in [5.41, 5.74) is 2.76. The van der Waals surface area contributed by atoms with Gasteiger partial charge in [0.05, 0.1) is 17.9 Å². The van der Waals surface area contributed by atoms with Gasteiger partial charge in [0.15, 0.2) is 0 Å². The largest absolute Gasteiger partial charge is 0.346 e. The number of hydrogen-bond donors (Lipinski definition) is 1. The van der Waals surface area contributed by atoms with Crippen LogP contribution in [0, 0.1) is 9.39 Å². The average Bonchev–Trinajstić information content (AvgIpc) is 2.61. The molecule has 3 rings (SSSR count). The quantitative estimate of drug-likeness (QED) is 0.637. The molecular weight excluding hydrogens is 420 g/mol. The summed E-state index contributed by atoms with van der Waals surface area (Å²) in [4.78, 5) is 20.5. The molecule has 1 amide bonds. The van der Waals surface area contributed by atoms with Crippen molar-refractivity contribution in [1.82, 2.24) is 15.3 Å². The molecule has 6 heteroatoms. The van der Waals surface area contributed by atoms with Gasteiger partial charge in [-0.15, -0.1) is 0 Å². The molecule has 2 aromatic carbocycles. The van der Waals surface area contributed by atoms with Crippen LogP contribution in [-0.4, -0.2) is 15.9 Å². The second-order valence-electron chi connectivity index (χ2n) is 5.09. The summed E-state index contributed by atoms with van der Waals surface area (Å²) in [7, 11) is 0. The van der Waals surface area contributed by atoms with Crippen LogP contribution in [0.1, 0.15) is 16.1 Å². The highest BCUT2D eigenvalue weighted by atomic mass is 127. The van der Waals surface area contributed by atoms with Crippen LogP contribution < -0.4 is 5.32 Å². The summed E-state index contributed by atoms with van der Waals surface area (Å²) in [6.07, 6.45) is 1.44. The van der Waals surface area contributed by atoms with E-state index < -0.39 is 0 Å². The van der Waals surface area contributed by atoms with Gasteiger partial charge in [0.1, 0.15) is 12.1 Å². The van der Waals surface area contributed by atoms with Crippen LogP contribution in [0.5, 0.6) is 0 Å². The lowest BCUT2D eigenvalue weighted by atomic mass is 10.1. The van der Waals surface area contributed by atoms with Crippen LogP contribution >= 0.6 is 22.6 Å². The van der Waals surface area contributed by atoms with Crippen LogP contribution in [0.3, 0.4) is 0 Å². The zero-order valence-electron chi connectivity index (χ0n) is 12.5. The number of carbonyl (C=O) groups excluding carboxylic acids is 1. The molecule has 0 atom stereocenters. The van der Waals surface area contributed by atoms with Crippen molar-refractivity contribution >= 4 is 28.5 Å². The molecule has 0 aliphatic carbocycles. The van der Waals surface area contributed by atoms with Gasteiger partial charge in [0.25, 0.3) is 5.91 Å². The second-order valence-corrected chi connectivity index (χ2v) is 6.34. The van der Waals surface area contributed by atoms with E-state index in [4.69, 9.17) is 0 Å². The van der Waals surface area contributed by atoms with Gasteiger partial charge in [-0.2, -0.15) is 0 Å². The van der Waals surface area contributed by atoms with Gasteiger partial charge >= 0.3 is 0 Å². The molecule has 4 nitrogen and oxygen atoms in total. The maximum absolute atomic E-state index is 13.0. The summed E-state index contributed by atoms with van der Waals surface area (Å²) in [6, 6.07) is 15.2. The summed E-state index contributed by atoms with van der Waals surface area (Å²) < 4.78 is 14.1. The van der Waals surface area contributed by atoms with Gasteiger partial charge in [0, 0.05) is 14.7 Å². The van der Waals surface area contributed by atoms with Gasteiger partial charge in [-0.25, -0.2) is 14.4 Å². The van der Waals surface area contributed by atoms with Crippen molar-refractivity contribution in [3.63, 3.8) is 0 Å². The molecule has 1 heterocycles. The van der Waals surface area contributed by atoms with Crippen molar-refractivity contribution in [3.05, 3.63) is 81.6 Å². The van der Waals surface area contributed by atoms with Crippen molar-refractivity contribution in [2.24, 2.45) is 0 Å². The van der Waals surface area contributed by atoms with E-state index in [2.05, 4.69) is 37.9 Å². The molecule has 0 radical (unpaired) electrons. The Kier molecular flexibility index (Phi) is 5.14. The highest BCUT2D eigenvalue weighted by Gasteiger charge is 2.07. The van der Waals surface area contributed by atoms with Crippen LogP contribution in [0.2, 0.25) is 0 Å². The Labute approximate surface area is 152 Å². The van der Waals surface area contributed by atoms with Gasteiger partial charge in [-0.05, 0) is 77.2 Å². The SMILES string of the molecule is O=C(NCc1cc(-c2ccc(F)cc2)ncn1)c1ccc(I)cc1. The Balaban J connectivity index is 1.69. The monoisotopic (exact) mass is 433 g/mol. The van der Waals surface area contributed by atoms with E-state index in [0.717, 1.165) is 9.13 Å². The predicted octanol–water partition coefficient (Wildman–Crippen LogP) is 3.82. The Morgan fingerprint density at radius 1 is 1.04 bits per heavy atom. The Morgan fingerprint density at radius 2 is 1.75 bits per heavy atom. The van der Waals surface area contributed by atoms with E-state index in [0.29, 0.717) is 23.5 Å². The fourth-order valence-corrected chi connectivity index (χ4v) is 2.51. The maximum atomic E-state index is 13.0. The second kappa shape index (κ2) is 7.48. The number of hydrogen-bond acceptors (Lipinski definition) is 3. The lowest BCUT2D eigenvalue weighted by Crippen LogP contribution is -2.23. The van der Waals surface area contributed by atoms with Crippen molar-refractivity contribution in [2.45, 2.75) is 6.54 Å². The molecule has 0 bridgehead atoms. The van der Waals surface area contributed by atoms with Gasteiger partial charge in [-0.1, -0.05) is 0 Å². The highest BCUT2D eigenvalue weighted by molar-refractivity contribution is 14.1. The van der Waals surface area contributed by atoms with E-state index in [1.807, 2.05) is 12.1 Å². The molecular formula is C18H13FIN3O. The summed E-state index contributed by atoms with van der Waals surface area (Å²) in [5.74, 6) is -0.453. The van der Waals surface area contributed by atoms with E-state index in [1.54, 1.807) is 30.3 Å². The van der Waals surface area contributed by atoms with E-state index >= 15 is 0 Å². The normalized spacial score (nSPS) is 10.4. The Hall–Kier alpha value is -2.35. The summed E-state index contributed by atoms with van der Waals surface area (Å²) in [6.45, 7) is 0.293. The third kappa shape index (κ3) is 4.14. The standard InChI is InChI=1S/C18H13FIN3O/c19-14-5-1-12(2-6-14)17-9-16(22-11-23-17)10-21-18(24)13-3-7-15(20)8-4-13/h1-9,11H,10H2,(H,21,24). The van der Waals surface area contributed by atoms with Crippen LogP contribution in [0.4, 0.5) is 4.39 Å². The predicted molar refractivity (Wildman–Crippen MR) is 97.8 cm³/mol. The topological polar surface area (TPSA) is 54.9 Å². The minimum absolute atomic E-state index is 0.159. The van der Waals surface area contributed by atoms with E-state index in [-0.39, 0.29) is 11.7 Å². The van der Waals surface area contributed by atoms with Crippen molar-refractivity contribution < 1.29 is 9.18 Å². The average molecular weight is 433 g/mol. The Bertz CT molecular complexity index is 851. The molecule has 0 spiro atoms. The number of benzene rings is 2. The third-order valence-corrected chi connectivity index (χ3v) is 4.12. The number of nitrogens with zero attached hydrogens (tertiary/aromatic N) is 2. The smallest absolute Gasteiger partial charge is 0.251 e.